The molecule has 1 heterocycles. The lowest BCUT2D eigenvalue weighted by molar-refractivity contribution is 0.0672. The Balaban J connectivity index is 2.30. The molecule has 1 aliphatic heterocycles. The van der Waals surface area contributed by atoms with Gasteiger partial charge in [-0.1, -0.05) is 24.9 Å². The van der Waals surface area contributed by atoms with Crippen LogP contribution < -0.4 is 4.72 Å². The van der Waals surface area contributed by atoms with Gasteiger partial charge in [0, 0.05) is 18.1 Å². The molecule has 7 heteroatoms. The van der Waals surface area contributed by atoms with E-state index >= 15 is 0 Å². The molecule has 1 aromatic carbocycles. The number of rotatable bonds is 4. The van der Waals surface area contributed by atoms with Crippen molar-refractivity contribution in [1.29, 1.82) is 0 Å². The molecule has 1 aliphatic rings. The Morgan fingerprint density at radius 2 is 2.18 bits per heavy atom. The van der Waals surface area contributed by atoms with Gasteiger partial charge in [-0.25, -0.2) is 8.42 Å². The topological polar surface area (TPSA) is 66.5 Å². The molecule has 0 aliphatic carbocycles. The molecule has 0 saturated carbocycles. The summed E-state index contributed by atoms with van der Waals surface area (Å²) >= 11 is 5.98. The number of piperidine rings is 1. The molecule has 1 amide bonds. The zero-order valence-electron chi connectivity index (χ0n) is 12.8. The number of amides is 1. The number of hydrogen-bond acceptors (Lipinski definition) is 3. The van der Waals surface area contributed by atoms with Crippen LogP contribution in [0.5, 0.6) is 0 Å². The Labute approximate surface area is 136 Å². The molecule has 122 valence electrons. The third-order valence-electron chi connectivity index (χ3n) is 3.89. The second kappa shape index (κ2) is 6.87. The summed E-state index contributed by atoms with van der Waals surface area (Å²) in [5.74, 6) is 0.329. The molecule has 22 heavy (non-hydrogen) atoms. The summed E-state index contributed by atoms with van der Waals surface area (Å²) in [4.78, 5) is 14.5. The highest BCUT2D eigenvalue weighted by Gasteiger charge is 2.25. The first-order chi connectivity index (χ1) is 10.3. The van der Waals surface area contributed by atoms with Gasteiger partial charge in [0.1, 0.15) is 0 Å². The Bertz CT molecular complexity index is 661. The summed E-state index contributed by atoms with van der Waals surface area (Å²) in [6, 6.07) is 4.61. The van der Waals surface area contributed by atoms with Crippen LogP contribution in [0.1, 0.15) is 36.5 Å². The Morgan fingerprint density at radius 1 is 1.45 bits per heavy atom. The highest BCUT2D eigenvalue weighted by atomic mass is 35.5. The molecule has 0 spiro atoms. The minimum absolute atomic E-state index is 0.174. The fraction of sp³-hybridized carbons (Fsp3) is 0.533. The maximum atomic E-state index is 12.8. The number of nitrogens with zero attached hydrogens (tertiary/aromatic N) is 1. The Hall–Kier alpha value is -1.27. The van der Waals surface area contributed by atoms with Crippen LogP contribution in [-0.2, 0) is 10.0 Å². The predicted molar refractivity (Wildman–Crippen MR) is 88.8 cm³/mol. The number of carbonyl (C=O) groups is 1. The minimum Gasteiger partial charge on any atom is -0.338 e. The fourth-order valence-corrected chi connectivity index (χ4v) is 3.48. The molecule has 1 fully saturated rings. The number of carbonyl (C=O) groups excluding carboxylic acids is 1. The lowest BCUT2D eigenvalue weighted by Crippen LogP contribution is -2.40. The first kappa shape index (κ1) is 17.1. The molecule has 1 atom stereocenters. The van der Waals surface area contributed by atoms with Crippen molar-refractivity contribution in [3.8, 4) is 0 Å². The average Bonchev–Trinajstić information content (AvgIpc) is 2.47. The molecule has 0 unspecified atom stereocenters. The maximum absolute atomic E-state index is 12.8. The van der Waals surface area contributed by atoms with Gasteiger partial charge in [0.15, 0.2) is 0 Å². The van der Waals surface area contributed by atoms with Crippen LogP contribution in [0.15, 0.2) is 18.2 Å². The molecule has 1 N–H and O–H groups in total. The van der Waals surface area contributed by atoms with Crippen molar-refractivity contribution in [2.45, 2.75) is 26.2 Å². The van der Waals surface area contributed by atoms with Crippen LogP contribution in [-0.4, -0.2) is 38.6 Å². The molecule has 5 nitrogen and oxygen atoms in total. The SMILES string of the molecule is CC[C@H]1CCCN(C(=O)c2cc(Cl)ccc2NS(C)(=O)=O)C1. The van der Waals surface area contributed by atoms with Crippen molar-refractivity contribution < 1.29 is 13.2 Å². The Kier molecular flexibility index (Phi) is 5.34. The molecular weight excluding hydrogens is 324 g/mol. The lowest BCUT2D eigenvalue weighted by Gasteiger charge is -2.32. The normalized spacial score (nSPS) is 19.0. The van der Waals surface area contributed by atoms with E-state index in [1.807, 2.05) is 0 Å². The smallest absolute Gasteiger partial charge is 0.256 e. The monoisotopic (exact) mass is 344 g/mol. The van der Waals surface area contributed by atoms with E-state index in [1.165, 1.54) is 12.1 Å². The molecule has 0 aromatic heterocycles. The van der Waals surface area contributed by atoms with Crippen LogP contribution in [0, 0.1) is 5.92 Å². The molecule has 1 aromatic rings. The number of halogens is 1. The molecule has 0 radical (unpaired) electrons. The summed E-state index contributed by atoms with van der Waals surface area (Å²) in [7, 11) is -3.46. The van der Waals surface area contributed by atoms with Crippen LogP contribution in [0.3, 0.4) is 0 Å². The molecular formula is C15H21ClN2O3S. The maximum Gasteiger partial charge on any atom is 0.256 e. The van der Waals surface area contributed by atoms with E-state index in [-0.39, 0.29) is 11.6 Å². The number of benzene rings is 1. The van der Waals surface area contributed by atoms with Gasteiger partial charge < -0.3 is 4.90 Å². The van der Waals surface area contributed by atoms with E-state index in [9.17, 15) is 13.2 Å². The minimum atomic E-state index is -3.46. The van der Waals surface area contributed by atoms with Crippen LogP contribution >= 0.6 is 11.6 Å². The summed E-state index contributed by atoms with van der Waals surface area (Å²) in [6.45, 7) is 3.52. The summed E-state index contributed by atoms with van der Waals surface area (Å²) < 4.78 is 25.3. The average molecular weight is 345 g/mol. The quantitative estimate of drug-likeness (QED) is 0.913. The van der Waals surface area contributed by atoms with Gasteiger partial charge in [-0.05, 0) is 37.0 Å². The standard InChI is InChI=1S/C15H21ClN2O3S/c1-3-11-5-4-8-18(10-11)15(19)13-9-12(16)6-7-14(13)17-22(2,20)21/h6-7,9,11,17H,3-5,8,10H2,1-2H3/t11-/m0/s1. The fourth-order valence-electron chi connectivity index (χ4n) is 2.74. The zero-order chi connectivity index (χ0) is 16.3. The summed E-state index contributed by atoms with van der Waals surface area (Å²) in [5.41, 5.74) is 0.574. The highest BCUT2D eigenvalue weighted by molar-refractivity contribution is 7.92. The third-order valence-corrected chi connectivity index (χ3v) is 4.72. The van der Waals surface area contributed by atoms with Crippen molar-refractivity contribution in [3.05, 3.63) is 28.8 Å². The van der Waals surface area contributed by atoms with Crippen LogP contribution in [0.25, 0.3) is 0 Å². The molecule has 2 rings (SSSR count). The number of anilines is 1. The zero-order valence-corrected chi connectivity index (χ0v) is 14.4. The largest absolute Gasteiger partial charge is 0.338 e. The van der Waals surface area contributed by atoms with Gasteiger partial charge in [-0.3, -0.25) is 9.52 Å². The van der Waals surface area contributed by atoms with Crippen molar-refractivity contribution in [2.75, 3.05) is 24.1 Å². The number of nitrogens with one attached hydrogen (secondary N) is 1. The van der Waals surface area contributed by atoms with Crippen LogP contribution in [0.2, 0.25) is 5.02 Å². The third kappa shape index (κ3) is 4.36. The second-order valence-corrected chi connectivity index (χ2v) is 7.92. The first-order valence-electron chi connectivity index (χ1n) is 7.36. The van der Waals surface area contributed by atoms with Crippen molar-refractivity contribution >= 4 is 33.2 Å². The molecule has 1 saturated heterocycles. The van der Waals surface area contributed by atoms with E-state index in [4.69, 9.17) is 11.6 Å². The van der Waals surface area contributed by atoms with Gasteiger partial charge in [-0.2, -0.15) is 0 Å². The van der Waals surface area contributed by atoms with Gasteiger partial charge >= 0.3 is 0 Å². The lowest BCUT2D eigenvalue weighted by atomic mass is 9.95. The predicted octanol–water partition coefficient (Wildman–Crippen LogP) is 2.97. The Morgan fingerprint density at radius 3 is 2.82 bits per heavy atom. The summed E-state index contributed by atoms with van der Waals surface area (Å²) in [5, 5.41) is 0.409. The number of hydrogen-bond donors (Lipinski definition) is 1. The van der Waals surface area contributed by atoms with Gasteiger partial charge in [-0.15, -0.1) is 0 Å². The van der Waals surface area contributed by atoms with Gasteiger partial charge in [0.25, 0.3) is 5.91 Å². The second-order valence-electron chi connectivity index (χ2n) is 5.73. The van der Waals surface area contributed by atoms with Crippen molar-refractivity contribution in [2.24, 2.45) is 5.92 Å². The van der Waals surface area contributed by atoms with Crippen molar-refractivity contribution in [1.82, 2.24) is 4.90 Å². The first-order valence-corrected chi connectivity index (χ1v) is 9.63. The van der Waals surface area contributed by atoms with Crippen LogP contribution in [0.4, 0.5) is 5.69 Å². The summed E-state index contributed by atoms with van der Waals surface area (Å²) in [6.07, 6.45) is 4.20. The van der Waals surface area contributed by atoms with E-state index in [0.29, 0.717) is 29.6 Å². The van der Waals surface area contributed by atoms with Gasteiger partial charge in [0.05, 0.1) is 17.5 Å². The van der Waals surface area contributed by atoms with Crippen molar-refractivity contribution in [3.63, 3.8) is 0 Å². The van der Waals surface area contributed by atoms with E-state index < -0.39 is 10.0 Å². The van der Waals surface area contributed by atoms with E-state index in [2.05, 4.69) is 11.6 Å². The highest BCUT2D eigenvalue weighted by Crippen LogP contribution is 2.26. The number of likely N-dealkylation sites (tertiary alicyclic amines) is 1. The number of sulfonamides is 1. The van der Waals surface area contributed by atoms with Gasteiger partial charge in [0.2, 0.25) is 10.0 Å². The molecule has 0 bridgehead atoms. The van der Waals surface area contributed by atoms with E-state index in [0.717, 1.165) is 25.5 Å². The van der Waals surface area contributed by atoms with E-state index in [1.54, 1.807) is 11.0 Å².